The van der Waals surface area contributed by atoms with E-state index < -0.39 is 5.91 Å². The number of nitrogens with one attached hydrogen (secondary N) is 1. The monoisotopic (exact) mass is 375 g/mol. The van der Waals surface area contributed by atoms with E-state index >= 15 is 0 Å². The van der Waals surface area contributed by atoms with Crippen molar-refractivity contribution in [1.29, 1.82) is 0 Å². The van der Waals surface area contributed by atoms with Gasteiger partial charge in [0.25, 0.3) is 5.91 Å². The molecule has 3 rings (SSSR count). The molecule has 0 saturated carbocycles. The van der Waals surface area contributed by atoms with Crippen LogP contribution in [-0.2, 0) is 6.61 Å². The molecule has 0 radical (unpaired) electrons. The van der Waals surface area contributed by atoms with Gasteiger partial charge in [0.05, 0.1) is 10.7 Å². The Balaban J connectivity index is 1.63. The lowest BCUT2D eigenvalue weighted by Crippen LogP contribution is -2.11. The second kappa shape index (κ2) is 7.64. The van der Waals surface area contributed by atoms with Crippen molar-refractivity contribution in [3.05, 3.63) is 81.7 Å². The van der Waals surface area contributed by atoms with E-state index in [0.29, 0.717) is 21.5 Å². The summed E-state index contributed by atoms with van der Waals surface area (Å²) in [5.74, 6) is 1.07. The average molecular weight is 376 g/mol. The number of rotatable bonds is 5. The van der Waals surface area contributed by atoms with Gasteiger partial charge in [-0.15, -0.1) is 0 Å². The molecular weight excluding hydrogens is 361 g/mol. The lowest BCUT2D eigenvalue weighted by Gasteiger charge is -2.06. The quantitative estimate of drug-likeness (QED) is 0.619. The highest BCUT2D eigenvalue weighted by Crippen LogP contribution is 2.26. The fourth-order valence-corrected chi connectivity index (χ4v) is 2.67. The number of anilines is 1. The highest BCUT2D eigenvalue weighted by Gasteiger charge is 2.13. The highest BCUT2D eigenvalue weighted by atomic mass is 35.5. The van der Waals surface area contributed by atoms with Crippen LogP contribution in [0.15, 0.2) is 59.0 Å². The van der Waals surface area contributed by atoms with E-state index in [0.717, 1.165) is 11.3 Å². The van der Waals surface area contributed by atoms with Gasteiger partial charge in [0.15, 0.2) is 5.76 Å². The molecule has 128 valence electrons. The predicted octanol–water partition coefficient (Wildman–Crippen LogP) is 5.73. The number of hydrogen-bond donors (Lipinski definition) is 1. The molecule has 0 aliphatic carbocycles. The summed E-state index contributed by atoms with van der Waals surface area (Å²) in [6.07, 6.45) is 0. The predicted molar refractivity (Wildman–Crippen MR) is 98.6 cm³/mol. The van der Waals surface area contributed by atoms with Crippen LogP contribution in [0.1, 0.15) is 21.9 Å². The van der Waals surface area contributed by atoms with Crippen molar-refractivity contribution in [2.75, 3.05) is 5.32 Å². The van der Waals surface area contributed by atoms with Crippen molar-refractivity contribution in [3.8, 4) is 5.75 Å². The third kappa shape index (κ3) is 4.56. The van der Waals surface area contributed by atoms with Crippen molar-refractivity contribution in [1.82, 2.24) is 0 Å². The van der Waals surface area contributed by atoms with Crippen molar-refractivity contribution < 1.29 is 13.9 Å². The molecule has 0 aliphatic rings. The molecule has 1 heterocycles. The Labute approximate surface area is 155 Å². The molecule has 0 atom stereocenters. The van der Waals surface area contributed by atoms with E-state index in [2.05, 4.69) is 5.32 Å². The summed E-state index contributed by atoms with van der Waals surface area (Å²) >= 11 is 11.9. The van der Waals surface area contributed by atoms with Crippen LogP contribution in [0, 0.1) is 6.92 Å². The van der Waals surface area contributed by atoms with Crippen molar-refractivity contribution in [3.63, 3.8) is 0 Å². The van der Waals surface area contributed by atoms with E-state index in [1.807, 2.05) is 31.2 Å². The number of furan rings is 1. The number of hydrogen-bond acceptors (Lipinski definition) is 3. The number of carbonyl (C=O) groups excluding carboxylic acids is 1. The minimum atomic E-state index is -0.397. The first-order chi connectivity index (χ1) is 12.0. The number of amides is 1. The molecule has 0 saturated heterocycles. The normalized spacial score (nSPS) is 10.5. The van der Waals surface area contributed by atoms with Gasteiger partial charge in [-0.3, -0.25) is 4.79 Å². The van der Waals surface area contributed by atoms with Crippen molar-refractivity contribution >= 4 is 34.8 Å². The summed E-state index contributed by atoms with van der Waals surface area (Å²) in [5, 5.41) is 3.54. The Kier molecular flexibility index (Phi) is 5.31. The van der Waals surface area contributed by atoms with Crippen LogP contribution >= 0.6 is 23.2 Å². The van der Waals surface area contributed by atoms with Crippen LogP contribution in [0.2, 0.25) is 10.0 Å². The molecular formula is C19H15Cl2NO3. The molecule has 6 heteroatoms. The number of halogens is 2. The van der Waals surface area contributed by atoms with E-state index in [-0.39, 0.29) is 12.4 Å². The summed E-state index contributed by atoms with van der Waals surface area (Å²) in [5.41, 5.74) is 1.57. The fraction of sp³-hybridized carbons (Fsp3) is 0.105. The fourth-order valence-electron chi connectivity index (χ4n) is 2.21. The molecule has 0 bridgehead atoms. The molecule has 0 spiro atoms. The molecule has 1 amide bonds. The largest absolute Gasteiger partial charge is 0.486 e. The minimum absolute atomic E-state index is 0.175. The van der Waals surface area contributed by atoms with Crippen LogP contribution in [0.5, 0.6) is 5.75 Å². The zero-order chi connectivity index (χ0) is 17.8. The van der Waals surface area contributed by atoms with E-state index in [1.165, 1.54) is 0 Å². The van der Waals surface area contributed by atoms with Crippen LogP contribution in [0.3, 0.4) is 0 Å². The smallest absolute Gasteiger partial charge is 0.291 e. The van der Waals surface area contributed by atoms with Crippen LogP contribution < -0.4 is 10.1 Å². The summed E-state index contributed by atoms with van der Waals surface area (Å²) in [6, 6.07) is 15.8. The minimum Gasteiger partial charge on any atom is -0.486 e. The first kappa shape index (κ1) is 17.4. The van der Waals surface area contributed by atoms with E-state index in [1.54, 1.807) is 30.3 Å². The summed E-state index contributed by atoms with van der Waals surface area (Å²) in [7, 11) is 0. The van der Waals surface area contributed by atoms with Gasteiger partial charge in [-0.1, -0.05) is 35.3 Å². The molecule has 4 nitrogen and oxygen atoms in total. The first-order valence-electron chi connectivity index (χ1n) is 7.56. The maximum Gasteiger partial charge on any atom is 0.291 e. The Bertz CT molecular complexity index is 905. The Morgan fingerprint density at radius 3 is 2.72 bits per heavy atom. The Hall–Kier alpha value is -2.43. The summed E-state index contributed by atoms with van der Waals surface area (Å²) in [6.45, 7) is 2.22. The molecule has 1 aromatic heterocycles. The standard InChI is InChI=1S/C19H15Cl2NO3/c1-12-3-2-4-14(9-12)24-11-15-6-8-18(25-15)19(23)22-17-7-5-13(20)10-16(17)21/h2-10H,11H2,1H3,(H,22,23). The van der Waals surface area contributed by atoms with Gasteiger partial charge in [-0.2, -0.15) is 0 Å². The van der Waals surface area contributed by atoms with Gasteiger partial charge in [-0.25, -0.2) is 0 Å². The second-order valence-corrected chi connectivity index (χ2v) is 6.29. The lowest BCUT2D eigenvalue weighted by molar-refractivity contribution is 0.0992. The molecule has 0 aliphatic heterocycles. The molecule has 0 fully saturated rings. The number of carbonyl (C=O) groups is 1. The third-order valence-corrected chi connectivity index (χ3v) is 3.98. The topological polar surface area (TPSA) is 51.5 Å². The molecule has 25 heavy (non-hydrogen) atoms. The Morgan fingerprint density at radius 1 is 1.12 bits per heavy atom. The summed E-state index contributed by atoms with van der Waals surface area (Å²) in [4.78, 5) is 12.2. The maximum absolute atomic E-state index is 12.2. The van der Waals surface area contributed by atoms with Gasteiger partial charge in [0, 0.05) is 5.02 Å². The zero-order valence-electron chi connectivity index (χ0n) is 13.4. The molecule has 3 aromatic rings. The van der Waals surface area contributed by atoms with Crippen molar-refractivity contribution in [2.45, 2.75) is 13.5 Å². The Morgan fingerprint density at radius 2 is 1.96 bits per heavy atom. The van der Waals surface area contributed by atoms with Crippen LogP contribution in [-0.4, -0.2) is 5.91 Å². The number of aryl methyl sites for hydroxylation is 1. The zero-order valence-corrected chi connectivity index (χ0v) is 14.9. The number of ether oxygens (including phenoxy) is 1. The number of benzene rings is 2. The van der Waals surface area contributed by atoms with E-state index in [4.69, 9.17) is 32.4 Å². The van der Waals surface area contributed by atoms with Gasteiger partial charge >= 0.3 is 0 Å². The second-order valence-electron chi connectivity index (χ2n) is 5.45. The highest BCUT2D eigenvalue weighted by molar-refractivity contribution is 6.36. The summed E-state index contributed by atoms with van der Waals surface area (Å²) < 4.78 is 11.2. The van der Waals surface area contributed by atoms with Gasteiger partial charge in [-0.05, 0) is 55.0 Å². The van der Waals surface area contributed by atoms with Gasteiger partial charge in [0.1, 0.15) is 18.1 Å². The third-order valence-electron chi connectivity index (χ3n) is 3.44. The maximum atomic E-state index is 12.2. The first-order valence-corrected chi connectivity index (χ1v) is 8.31. The SMILES string of the molecule is Cc1cccc(OCc2ccc(C(=O)Nc3ccc(Cl)cc3Cl)o2)c1. The molecule has 2 aromatic carbocycles. The van der Waals surface area contributed by atoms with Crippen LogP contribution in [0.4, 0.5) is 5.69 Å². The van der Waals surface area contributed by atoms with Crippen LogP contribution in [0.25, 0.3) is 0 Å². The van der Waals surface area contributed by atoms with Gasteiger partial charge < -0.3 is 14.5 Å². The van der Waals surface area contributed by atoms with Crippen molar-refractivity contribution in [2.24, 2.45) is 0 Å². The van der Waals surface area contributed by atoms with Gasteiger partial charge in [0.2, 0.25) is 0 Å². The molecule has 0 unspecified atom stereocenters. The lowest BCUT2D eigenvalue weighted by atomic mass is 10.2. The molecule has 1 N–H and O–H groups in total. The average Bonchev–Trinajstić information content (AvgIpc) is 3.05. The van der Waals surface area contributed by atoms with E-state index in [9.17, 15) is 4.79 Å².